The van der Waals surface area contributed by atoms with E-state index in [0.717, 1.165) is 52.0 Å². The molecule has 3 rings (SSSR count). The molecule has 1 saturated carbocycles. The predicted molar refractivity (Wildman–Crippen MR) is 101 cm³/mol. The second kappa shape index (κ2) is 8.94. The summed E-state index contributed by atoms with van der Waals surface area (Å²) < 4.78 is 27.3. The maximum absolute atomic E-state index is 12.3. The van der Waals surface area contributed by atoms with Gasteiger partial charge in [-0.1, -0.05) is 6.07 Å². The standard InChI is InChI=1S/C18H28N4O3S/c23-18(20-7-2-10-22-11-8-19-9-12-22)16-3-1-4-17(13-16)26(24,25)21-14-15-5-6-15/h1,3-4,13,15,19,21H,2,5-12,14H2,(H,20,23). The summed E-state index contributed by atoms with van der Waals surface area (Å²) in [5, 5.41) is 6.20. The minimum Gasteiger partial charge on any atom is -0.352 e. The number of benzene rings is 1. The number of rotatable bonds is 9. The predicted octanol–water partition coefficient (Wildman–Crippen LogP) is 0.400. The number of hydrogen-bond acceptors (Lipinski definition) is 5. The van der Waals surface area contributed by atoms with Crippen molar-refractivity contribution in [1.82, 2.24) is 20.3 Å². The lowest BCUT2D eigenvalue weighted by Gasteiger charge is -2.27. The fourth-order valence-electron chi connectivity index (χ4n) is 2.98. The van der Waals surface area contributed by atoms with Gasteiger partial charge in [0.05, 0.1) is 4.90 Å². The lowest BCUT2D eigenvalue weighted by molar-refractivity contribution is 0.0951. The Balaban J connectivity index is 1.47. The Morgan fingerprint density at radius 3 is 2.73 bits per heavy atom. The Bertz CT molecular complexity index is 713. The Kier molecular flexibility index (Phi) is 6.63. The summed E-state index contributed by atoms with van der Waals surface area (Å²) in [7, 11) is -3.55. The normalized spacial score (nSPS) is 18.6. The first-order chi connectivity index (χ1) is 12.5. The van der Waals surface area contributed by atoms with Crippen LogP contribution >= 0.6 is 0 Å². The van der Waals surface area contributed by atoms with Gasteiger partial charge in [0.1, 0.15) is 0 Å². The fraction of sp³-hybridized carbons (Fsp3) is 0.611. The van der Waals surface area contributed by atoms with Gasteiger partial charge >= 0.3 is 0 Å². The molecule has 0 atom stereocenters. The van der Waals surface area contributed by atoms with Gasteiger partial charge in [0.15, 0.2) is 0 Å². The van der Waals surface area contributed by atoms with Crippen molar-refractivity contribution in [1.29, 1.82) is 0 Å². The van der Waals surface area contributed by atoms with Crippen LogP contribution in [-0.4, -0.2) is 65.0 Å². The van der Waals surface area contributed by atoms with Gasteiger partial charge in [-0.3, -0.25) is 4.79 Å². The molecule has 1 saturated heterocycles. The molecule has 1 aliphatic carbocycles. The molecule has 0 radical (unpaired) electrons. The van der Waals surface area contributed by atoms with E-state index in [0.29, 0.717) is 24.6 Å². The molecule has 8 heteroatoms. The molecule has 1 heterocycles. The first kappa shape index (κ1) is 19.3. The van der Waals surface area contributed by atoms with E-state index in [2.05, 4.69) is 20.3 Å². The molecule has 0 aromatic heterocycles. The molecule has 0 unspecified atom stereocenters. The highest BCUT2D eigenvalue weighted by atomic mass is 32.2. The van der Waals surface area contributed by atoms with Crippen molar-refractivity contribution >= 4 is 15.9 Å². The van der Waals surface area contributed by atoms with Crippen molar-refractivity contribution in [2.24, 2.45) is 5.92 Å². The number of carbonyl (C=O) groups excluding carboxylic acids is 1. The van der Waals surface area contributed by atoms with Gasteiger partial charge in [-0.05, 0) is 49.9 Å². The van der Waals surface area contributed by atoms with Crippen molar-refractivity contribution in [3.05, 3.63) is 29.8 Å². The van der Waals surface area contributed by atoms with Crippen LogP contribution in [0.1, 0.15) is 29.6 Å². The van der Waals surface area contributed by atoms with Crippen LogP contribution in [0.25, 0.3) is 0 Å². The van der Waals surface area contributed by atoms with Crippen LogP contribution in [0.5, 0.6) is 0 Å². The maximum Gasteiger partial charge on any atom is 0.251 e. The van der Waals surface area contributed by atoms with Crippen LogP contribution in [-0.2, 0) is 10.0 Å². The zero-order chi connectivity index (χ0) is 18.4. The summed E-state index contributed by atoms with van der Waals surface area (Å²) in [4.78, 5) is 14.8. The summed E-state index contributed by atoms with van der Waals surface area (Å²) in [6.07, 6.45) is 3.05. The third kappa shape index (κ3) is 5.77. The molecule has 1 aromatic rings. The fourth-order valence-corrected chi connectivity index (χ4v) is 4.14. The van der Waals surface area contributed by atoms with Crippen LogP contribution in [0.15, 0.2) is 29.2 Å². The third-order valence-electron chi connectivity index (χ3n) is 4.81. The number of nitrogens with zero attached hydrogens (tertiary/aromatic N) is 1. The first-order valence-electron chi connectivity index (χ1n) is 9.35. The van der Waals surface area contributed by atoms with Gasteiger partial charge in [0.2, 0.25) is 10.0 Å². The van der Waals surface area contributed by atoms with Crippen LogP contribution in [0.4, 0.5) is 0 Å². The van der Waals surface area contributed by atoms with E-state index in [-0.39, 0.29) is 10.8 Å². The Morgan fingerprint density at radius 1 is 1.23 bits per heavy atom. The molecule has 1 amide bonds. The van der Waals surface area contributed by atoms with Crippen molar-refractivity contribution in [2.45, 2.75) is 24.2 Å². The Hall–Kier alpha value is -1.48. The molecule has 7 nitrogen and oxygen atoms in total. The van der Waals surface area contributed by atoms with E-state index < -0.39 is 10.0 Å². The average molecular weight is 381 g/mol. The highest BCUT2D eigenvalue weighted by Gasteiger charge is 2.24. The van der Waals surface area contributed by atoms with Crippen molar-refractivity contribution < 1.29 is 13.2 Å². The number of hydrogen-bond donors (Lipinski definition) is 3. The number of amides is 1. The number of sulfonamides is 1. The Morgan fingerprint density at radius 2 is 2.00 bits per heavy atom. The molecule has 1 aliphatic heterocycles. The van der Waals surface area contributed by atoms with E-state index in [1.807, 2.05) is 0 Å². The first-order valence-corrected chi connectivity index (χ1v) is 10.8. The van der Waals surface area contributed by atoms with Crippen LogP contribution < -0.4 is 15.4 Å². The molecule has 2 fully saturated rings. The number of carbonyl (C=O) groups is 1. The second-order valence-electron chi connectivity index (χ2n) is 7.02. The molecule has 0 spiro atoms. The van der Waals surface area contributed by atoms with Gasteiger partial charge in [-0.2, -0.15) is 0 Å². The molecular weight excluding hydrogens is 352 g/mol. The molecular formula is C18H28N4O3S. The van der Waals surface area contributed by atoms with Gasteiger partial charge < -0.3 is 15.5 Å². The largest absolute Gasteiger partial charge is 0.352 e. The molecule has 3 N–H and O–H groups in total. The highest BCUT2D eigenvalue weighted by Crippen LogP contribution is 2.28. The molecule has 144 valence electrons. The minimum atomic E-state index is -3.55. The summed E-state index contributed by atoms with van der Waals surface area (Å²) >= 11 is 0. The zero-order valence-electron chi connectivity index (χ0n) is 15.0. The summed E-state index contributed by atoms with van der Waals surface area (Å²) in [5.41, 5.74) is 0.376. The second-order valence-corrected chi connectivity index (χ2v) is 8.79. The van der Waals surface area contributed by atoms with E-state index >= 15 is 0 Å². The number of nitrogens with one attached hydrogen (secondary N) is 3. The van der Waals surface area contributed by atoms with Gasteiger partial charge in [-0.25, -0.2) is 13.1 Å². The summed E-state index contributed by atoms with van der Waals surface area (Å²) in [6, 6.07) is 6.23. The monoisotopic (exact) mass is 380 g/mol. The van der Waals surface area contributed by atoms with Gasteiger partial charge in [0, 0.05) is 44.8 Å². The molecule has 2 aliphatic rings. The van der Waals surface area contributed by atoms with E-state index in [1.165, 1.54) is 12.1 Å². The van der Waals surface area contributed by atoms with Gasteiger partial charge in [0.25, 0.3) is 5.91 Å². The SMILES string of the molecule is O=C(NCCCN1CCNCC1)c1cccc(S(=O)(=O)NCC2CC2)c1. The van der Waals surface area contributed by atoms with Crippen LogP contribution in [0.2, 0.25) is 0 Å². The third-order valence-corrected chi connectivity index (χ3v) is 6.23. The average Bonchev–Trinajstić information content (AvgIpc) is 3.49. The lowest BCUT2D eigenvalue weighted by Crippen LogP contribution is -2.44. The molecule has 0 bridgehead atoms. The Labute approximate surface area is 155 Å². The summed E-state index contributed by atoms with van der Waals surface area (Å²) in [6.45, 7) is 6.14. The topological polar surface area (TPSA) is 90.5 Å². The van der Waals surface area contributed by atoms with E-state index in [1.54, 1.807) is 12.1 Å². The molecule has 1 aromatic carbocycles. The maximum atomic E-state index is 12.3. The van der Waals surface area contributed by atoms with Crippen LogP contribution in [0, 0.1) is 5.92 Å². The quantitative estimate of drug-likeness (QED) is 0.540. The van der Waals surface area contributed by atoms with Crippen molar-refractivity contribution in [3.8, 4) is 0 Å². The van der Waals surface area contributed by atoms with Crippen molar-refractivity contribution in [3.63, 3.8) is 0 Å². The van der Waals surface area contributed by atoms with Crippen molar-refractivity contribution in [2.75, 3.05) is 45.8 Å². The highest BCUT2D eigenvalue weighted by molar-refractivity contribution is 7.89. The lowest BCUT2D eigenvalue weighted by atomic mass is 10.2. The summed E-state index contributed by atoms with van der Waals surface area (Å²) in [5.74, 6) is 0.233. The van der Waals surface area contributed by atoms with Crippen LogP contribution in [0.3, 0.4) is 0 Å². The smallest absolute Gasteiger partial charge is 0.251 e. The van der Waals surface area contributed by atoms with E-state index in [9.17, 15) is 13.2 Å². The zero-order valence-corrected chi connectivity index (χ0v) is 15.9. The molecule has 26 heavy (non-hydrogen) atoms. The number of piperazine rings is 1. The van der Waals surface area contributed by atoms with E-state index in [4.69, 9.17) is 0 Å². The van der Waals surface area contributed by atoms with Gasteiger partial charge in [-0.15, -0.1) is 0 Å². The minimum absolute atomic E-state index is 0.145.